The van der Waals surface area contributed by atoms with Crippen LogP contribution >= 0.6 is 11.6 Å². The van der Waals surface area contributed by atoms with Gasteiger partial charge in [0.1, 0.15) is 12.4 Å². The van der Waals surface area contributed by atoms with Gasteiger partial charge in [0.2, 0.25) is 0 Å². The van der Waals surface area contributed by atoms with Crippen molar-refractivity contribution in [2.45, 2.75) is 6.61 Å². The van der Waals surface area contributed by atoms with Crippen LogP contribution in [0.25, 0.3) is 11.1 Å². The maximum atomic E-state index is 11.5. The lowest BCUT2D eigenvalue weighted by molar-refractivity contribution is 0.0600. The average molecular weight is 275 g/mol. The Hall–Kier alpha value is -2.00. The van der Waals surface area contributed by atoms with Gasteiger partial charge in [0, 0.05) is 10.6 Å². The Morgan fingerprint density at radius 3 is 2.84 bits per heavy atom. The summed E-state index contributed by atoms with van der Waals surface area (Å²) >= 11 is 6.03. The third kappa shape index (κ3) is 2.06. The Kier molecular flexibility index (Phi) is 2.91. The van der Waals surface area contributed by atoms with Crippen molar-refractivity contribution in [1.82, 2.24) is 0 Å². The van der Waals surface area contributed by atoms with Gasteiger partial charge in [0.05, 0.1) is 12.7 Å². The van der Waals surface area contributed by atoms with Crippen LogP contribution in [0.5, 0.6) is 5.75 Å². The van der Waals surface area contributed by atoms with E-state index in [0.29, 0.717) is 22.9 Å². The Labute approximate surface area is 115 Å². The van der Waals surface area contributed by atoms with Gasteiger partial charge in [-0.25, -0.2) is 4.79 Å². The SMILES string of the molecule is COC(=O)c1ccc2c(c1)OCc1ccc(Cl)cc1-2. The number of hydrogen-bond acceptors (Lipinski definition) is 3. The third-order valence-electron chi connectivity index (χ3n) is 3.15. The second-order valence-corrected chi connectivity index (χ2v) is 4.73. The zero-order valence-electron chi connectivity index (χ0n) is 10.3. The van der Waals surface area contributed by atoms with Gasteiger partial charge in [-0.15, -0.1) is 0 Å². The molecule has 1 aliphatic rings. The normalized spacial score (nSPS) is 12.1. The van der Waals surface area contributed by atoms with Crippen LogP contribution in [0, 0.1) is 0 Å². The number of carbonyl (C=O) groups excluding carboxylic acids is 1. The fourth-order valence-corrected chi connectivity index (χ4v) is 2.36. The zero-order chi connectivity index (χ0) is 13.4. The molecule has 0 radical (unpaired) electrons. The number of hydrogen-bond donors (Lipinski definition) is 0. The molecule has 0 saturated heterocycles. The van der Waals surface area contributed by atoms with Gasteiger partial charge in [0.25, 0.3) is 0 Å². The second-order valence-electron chi connectivity index (χ2n) is 4.29. The van der Waals surface area contributed by atoms with Gasteiger partial charge < -0.3 is 9.47 Å². The quantitative estimate of drug-likeness (QED) is 0.744. The third-order valence-corrected chi connectivity index (χ3v) is 3.38. The molecule has 0 unspecified atom stereocenters. The Morgan fingerprint density at radius 1 is 1.21 bits per heavy atom. The maximum absolute atomic E-state index is 11.5. The fraction of sp³-hybridized carbons (Fsp3) is 0.133. The maximum Gasteiger partial charge on any atom is 0.337 e. The molecule has 0 saturated carbocycles. The topological polar surface area (TPSA) is 35.5 Å². The summed E-state index contributed by atoms with van der Waals surface area (Å²) in [6.45, 7) is 0.476. The number of carbonyl (C=O) groups is 1. The van der Waals surface area contributed by atoms with Crippen molar-refractivity contribution >= 4 is 17.6 Å². The molecule has 0 aliphatic carbocycles. The number of halogens is 1. The van der Waals surface area contributed by atoms with Crippen LogP contribution in [-0.2, 0) is 11.3 Å². The molecule has 0 atom stereocenters. The lowest BCUT2D eigenvalue weighted by atomic mass is 9.96. The average Bonchev–Trinajstić information content (AvgIpc) is 2.45. The molecule has 2 aromatic carbocycles. The predicted molar refractivity (Wildman–Crippen MR) is 72.6 cm³/mol. The minimum atomic E-state index is -0.372. The Bertz CT molecular complexity index is 664. The van der Waals surface area contributed by atoms with Crippen molar-refractivity contribution in [2.24, 2.45) is 0 Å². The van der Waals surface area contributed by atoms with Crippen LogP contribution in [0.4, 0.5) is 0 Å². The largest absolute Gasteiger partial charge is 0.488 e. The first kappa shape index (κ1) is 12.1. The van der Waals surface area contributed by atoms with E-state index in [-0.39, 0.29) is 5.97 Å². The molecule has 0 spiro atoms. The summed E-state index contributed by atoms with van der Waals surface area (Å²) in [6.07, 6.45) is 0. The van der Waals surface area contributed by atoms with E-state index in [1.807, 2.05) is 24.3 Å². The molecule has 0 amide bonds. The highest BCUT2D eigenvalue weighted by atomic mass is 35.5. The number of benzene rings is 2. The molecule has 0 aromatic heterocycles. The molecule has 3 rings (SSSR count). The highest BCUT2D eigenvalue weighted by molar-refractivity contribution is 6.30. The van der Waals surface area contributed by atoms with Crippen molar-refractivity contribution in [3.05, 3.63) is 52.5 Å². The monoisotopic (exact) mass is 274 g/mol. The molecule has 1 aliphatic heterocycles. The van der Waals surface area contributed by atoms with Crippen LogP contribution in [0.15, 0.2) is 36.4 Å². The first-order valence-electron chi connectivity index (χ1n) is 5.83. The van der Waals surface area contributed by atoms with E-state index >= 15 is 0 Å². The van der Waals surface area contributed by atoms with E-state index in [1.165, 1.54) is 7.11 Å². The first-order valence-corrected chi connectivity index (χ1v) is 6.21. The number of rotatable bonds is 1. The van der Waals surface area contributed by atoms with Crippen molar-refractivity contribution in [2.75, 3.05) is 7.11 Å². The molecule has 0 bridgehead atoms. The molecule has 3 nitrogen and oxygen atoms in total. The molecule has 96 valence electrons. The van der Waals surface area contributed by atoms with Crippen molar-refractivity contribution < 1.29 is 14.3 Å². The lowest BCUT2D eigenvalue weighted by Crippen LogP contribution is -2.07. The van der Waals surface area contributed by atoms with Crippen molar-refractivity contribution in [3.63, 3.8) is 0 Å². The van der Waals surface area contributed by atoms with E-state index in [4.69, 9.17) is 21.1 Å². The molecule has 1 heterocycles. The highest BCUT2D eigenvalue weighted by Gasteiger charge is 2.19. The Morgan fingerprint density at radius 2 is 2.05 bits per heavy atom. The first-order chi connectivity index (χ1) is 9.19. The molecule has 0 N–H and O–H groups in total. The van der Waals surface area contributed by atoms with Crippen LogP contribution in [0.1, 0.15) is 15.9 Å². The number of esters is 1. The van der Waals surface area contributed by atoms with Gasteiger partial charge in [-0.05, 0) is 41.5 Å². The summed E-state index contributed by atoms with van der Waals surface area (Å²) in [5.41, 5.74) is 3.55. The van der Waals surface area contributed by atoms with E-state index in [0.717, 1.165) is 16.7 Å². The molecular formula is C15H11ClO3. The molecule has 0 fully saturated rings. The van der Waals surface area contributed by atoms with Gasteiger partial charge >= 0.3 is 5.97 Å². The summed E-state index contributed by atoms with van der Waals surface area (Å²) < 4.78 is 10.4. The Balaban J connectivity index is 2.12. The van der Waals surface area contributed by atoms with Crippen LogP contribution in [0.3, 0.4) is 0 Å². The fourth-order valence-electron chi connectivity index (χ4n) is 2.19. The number of methoxy groups -OCH3 is 1. The lowest BCUT2D eigenvalue weighted by Gasteiger charge is -2.21. The number of fused-ring (bicyclic) bond motifs is 3. The summed E-state index contributed by atoms with van der Waals surface area (Å²) in [5, 5.41) is 0.684. The van der Waals surface area contributed by atoms with Gasteiger partial charge in [-0.2, -0.15) is 0 Å². The van der Waals surface area contributed by atoms with Crippen LogP contribution in [-0.4, -0.2) is 13.1 Å². The summed E-state index contributed by atoms with van der Waals surface area (Å²) in [5.74, 6) is 0.306. The minimum absolute atomic E-state index is 0.372. The van der Waals surface area contributed by atoms with E-state index in [9.17, 15) is 4.79 Å². The minimum Gasteiger partial charge on any atom is -0.488 e. The highest BCUT2D eigenvalue weighted by Crippen LogP contribution is 2.39. The second kappa shape index (κ2) is 4.59. The predicted octanol–water partition coefficient (Wildman–Crippen LogP) is 3.69. The standard InChI is InChI=1S/C15H11ClO3/c1-18-15(17)9-3-5-12-13-7-11(16)4-2-10(13)8-19-14(12)6-9/h2-7H,8H2,1H3. The summed E-state index contributed by atoms with van der Waals surface area (Å²) in [4.78, 5) is 11.5. The molecule has 2 aromatic rings. The van der Waals surface area contributed by atoms with Gasteiger partial charge in [-0.1, -0.05) is 17.7 Å². The van der Waals surface area contributed by atoms with E-state index in [1.54, 1.807) is 12.1 Å². The van der Waals surface area contributed by atoms with Crippen LogP contribution < -0.4 is 4.74 Å². The van der Waals surface area contributed by atoms with Crippen LogP contribution in [0.2, 0.25) is 5.02 Å². The molecular weight excluding hydrogens is 264 g/mol. The summed E-state index contributed by atoms with van der Waals surface area (Å²) in [6, 6.07) is 11.0. The smallest absolute Gasteiger partial charge is 0.337 e. The van der Waals surface area contributed by atoms with Crippen molar-refractivity contribution in [3.8, 4) is 16.9 Å². The number of ether oxygens (including phenoxy) is 2. The molecule has 19 heavy (non-hydrogen) atoms. The van der Waals surface area contributed by atoms with Gasteiger partial charge in [0.15, 0.2) is 0 Å². The van der Waals surface area contributed by atoms with Crippen molar-refractivity contribution in [1.29, 1.82) is 0 Å². The van der Waals surface area contributed by atoms with E-state index < -0.39 is 0 Å². The van der Waals surface area contributed by atoms with Gasteiger partial charge in [-0.3, -0.25) is 0 Å². The van der Waals surface area contributed by atoms with E-state index in [2.05, 4.69) is 0 Å². The zero-order valence-corrected chi connectivity index (χ0v) is 11.0. The summed E-state index contributed by atoms with van der Waals surface area (Å²) in [7, 11) is 1.36. The molecule has 4 heteroatoms.